The monoisotopic (exact) mass is 221 g/mol. The van der Waals surface area contributed by atoms with Gasteiger partial charge in [-0.05, 0) is 23.8 Å². The third kappa shape index (κ3) is 4.26. The van der Waals surface area contributed by atoms with Crippen molar-refractivity contribution in [3.63, 3.8) is 0 Å². The van der Waals surface area contributed by atoms with Crippen molar-refractivity contribution in [2.75, 3.05) is 7.11 Å². The fourth-order valence-electron chi connectivity index (χ4n) is 1.17. The predicted octanol–water partition coefficient (Wildman–Crippen LogP) is 2.17. The van der Waals surface area contributed by atoms with Crippen LogP contribution in [0.5, 0.6) is 5.75 Å². The predicted molar refractivity (Wildman–Crippen MR) is 61.8 cm³/mol. The standard InChI is InChI=1S/C13H18O3/c1-13(2,3)16-12(14)9-10-5-7-11(15-4)8-6-10/h5-9,14H,1-4H3/p-1/b12-9-. The molecule has 0 heterocycles. The molecule has 88 valence electrons. The second kappa shape index (κ2) is 4.92. The smallest absolute Gasteiger partial charge is 0.118 e. The molecule has 0 radical (unpaired) electrons. The van der Waals surface area contributed by atoms with Crippen LogP contribution in [-0.4, -0.2) is 12.7 Å². The van der Waals surface area contributed by atoms with Crippen LogP contribution in [0.1, 0.15) is 26.3 Å². The van der Waals surface area contributed by atoms with Crippen molar-refractivity contribution in [2.24, 2.45) is 0 Å². The Morgan fingerprint density at radius 3 is 2.19 bits per heavy atom. The van der Waals surface area contributed by atoms with Gasteiger partial charge in [-0.15, -0.1) is 0 Å². The van der Waals surface area contributed by atoms with Crippen molar-refractivity contribution in [1.82, 2.24) is 0 Å². The molecule has 3 nitrogen and oxygen atoms in total. The van der Waals surface area contributed by atoms with Crippen molar-refractivity contribution in [3.8, 4) is 5.75 Å². The summed E-state index contributed by atoms with van der Waals surface area (Å²) in [6.07, 6.45) is 1.46. The quantitative estimate of drug-likeness (QED) is 0.734. The van der Waals surface area contributed by atoms with Gasteiger partial charge < -0.3 is 14.6 Å². The maximum Gasteiger partial charge on any atom is 0.118 e. The summed E-state index contributed by atoms with van der Waals surface area (Å²) in [7, 11) is 1.60. The number of ether oxygens (including phenoxy) is 2. The summed E-state index contributed by atoms with van der Waals surface area (Å²) in [6, 6.07) is 7.22. The fraction of sp³-hybridized carbons (Fsp3) is 0.385. The van der Waals surface area contributed by atoms with Gasteiger partial charge in [-0.3, -0.25) is 0 Å². The molecule has 3 heteroatoms. The summed E-state index contributed by atoms with van der Waals surface area (Å²) in [6.45, 7) is 5.52. The average molecular weight is 221 g/mol. The van der Waals surface area contributed by atoms with E-state index in [1.165, 1.54) is 6.08 Å². The Balaban J connectivity index is 2.74. The zero-order chi connectivity index (χ0) is 12.2. The van der Waals surface area contributed by atoms with Crippen LogP contribution in [0.25, 0.3) is 6.08 Å². The van der Waals surface area contributed by atoms with E-state index in [-0.39, 0.29) is 5.95 Å². The van der Waals surface area contributed by atoms with Crippen LogP contribution in [0.2, 0.25) is 0 Å². The molecule has 0 atom stereocenters. The van der Waals surface area contributed by atoms with Crippen molar-refractivity contribution >= 4 is 6.08 Å². The van der Waals surface area contributed by atoms with Gasteiger partial charge >= 0.3 is 0 Å². The molecule has 0 bridgehead atoms. The van der Waals surface area contributed by atoms with Crippen LogP contribution in [0.4, 0.5) is 0 Å². The van der Waals surface area contributed by atoms with Gasteiger partial charge in [0.05, 0.1) is 13.1 Å². The summed E-state index contributed by atoms with van der Waals surface area (Å²) >= 11 is 0. The lowest BCUT2D eigenvalue weighted by molar-refractivity contribution is -0.366. The van der Waals surface area contributed by atoms with E-state index in [9.17, 15) is 5.11 Å². The highest BCUT2D eigenvalue weighted by atomic mass is 16.6. The fourth-order valence-corrected chi connectivity index (χ4v) is 1.17. The largest absolute Gasteiger partial charge is 0.608 e. The van der Waals surface area contributed by atoms with Crippen LogP contribution in [0, 0.1) is 0 Å². The van der Waals surface area contributed by atoms with E-state index in [0.717, 1.165) is 11.3 Å². The maximum absolute atomic E-state index is 11.5. The van der Waals surface area contributed by atoms with E-state index in [2.05, 4.69) is 0 Å². The molecule has 0 spiro atoms. The topological polar surface area (TPSA) is 41.5 Å². The van der Waals surface area contributed by atoms with E-state index in [1.54, 1.807) is 19.2 Å². The number of rotatable bonds is 3. The van der Waals surface area contributed by atoms with Crippen LogP contribution < -0.4 is 9.84 Å². The van der Waals surface area contributed by atoms with Crippen molar-refractivity contribution < 1.29 is 14.6 Å². The summed E-state index contributed by atoms with van der Waals surface area (Å²) in [4.78, 5) is 0. The van der Waals surface area contributed by atoms with Gasteiger partial charge in [0.1, 0.15) is 5.75 Å². The van der Waals surface area contributed by atoms with Gasteiger partial charge in [-0.1, -0.05) is 32.9 Å². The normalized spacial score (nSPS) is 12.4. The van der Waals surface area contributed by atoms with Gasteiger partial charge in [0.2, 0.25) is 0 Å². The van der Waals surface area contributed by atoms with E-state index < -0.39 is 5.60 Å². The first-order valence-corrected chi connectivity index (χ1v) is 5.12. The van der Waals surface area contributed by atoms with Crippen LogP contribution in [0.15, 0.2) is 30.2 Å². The third-order valence-electron chi connectivity index (χ3n) is 1.81. The Kier molecular flexibility index (Phi) is 3.82. The highest BCUT2D eigenvalue weighted by Crippen LogP contribution is 2.15. The molecule has 0 aliphatic rings. The second-order valence-electron chi connectivity index (χ2n) is 4.45. The minimum Gasteiger partial charge on any atom is -0.608 e. The highest BCUT2D eigenvalue weighted by molar-refractivity contribution is 5.50. The van der Waals surface area contributed by atoms with Gasteiger partial charge in [0.15, 0.2) is 0 Å². The van der Waals surface area contributed by atoms with Crippen LogP contribution in [-0.2, 0) is 4.74 Å². The first-order valence-electron chi connectivity index (χ1n) is 5.12. The summed E-state index contributed by atoms with van der Waals surface area (Å²) < 4.78 is 10.2. The van der Waals surface area contributed by atoms with Gasteiger partial charge in [0.25, 0.3) is 0 Å². The average Bonchev–Trinajstić information content (AvgIpc) is 2.16. The van der Waals surface area contributed by atoms with E-state index in [0.29, 0.717) is 0 Å². The molecule has 0 aliphatic carbocycles. The molecule has 0 aromatic heterocycles. The van der Waals surface area contributed by atoms with Crippen LogP contribution in [0.3, 0.4) is 0 Å². The van der Waals surface area contributed by atoms with E-state index >= 15 is 0 Å². The number of methoxy groups -OCH3 is 1. The summed E-state index contributed by atoms with van der Waals surface area (Å²) in [5, 5.41) is 11.5. The molecule has 0 N–H and O–H groups in total. The lowest BCUT2D eigenvalue weighted by Crippen LogP contribution is -2.23. The van der Waals surface area contributed by atoms with Crippen molar-refractivity contribution in [3.05, 3.63) is 35.8 Å². The molecule has 1 aromatic carbocycles. The van der Waals surface area contributed by atoms with Crippen molar-refractivity contribution in [2.45, 2.75) is 26.4 Å². The number of hydrogen-bond donors (Lipinski definition) is 0. The van der Waals surface area contributed by atoms with E-state index in [1.807, 2.05) is 32.9 Å². The first-order chi connectivity index (χ1) is 7.40. The molecule has 0 aliphatic heterocycles. The molecule has 0 fully saturated rings. The zero-order valence-electron chi connectivity index (χ0n) is 10.1. The molecule has 0 amide bonds. The highest BCUT2D eigenvalue weighted by Gasteiger charge is 2.03. The Hall–Kier alpha value is -1.64. The Morgan fingerprint density at radius 1 is 1.19 bits per heavy atom. The minimum absolute atomic E-state index is 0.335. The molecule has 0 saturated carbocycles. The molecule has 0 unspecified atom stereocenters. The summed E-state index contributed by atoms with van der Waals surface area (Å²) in [5.41, 5.74) is 0.343. The number of hydrogen-bond acceptors (Lipinski definition) is 3. The zero-order valence-corrected chi connectivity index (χ0v) is 10.1. The molecule has 1 rings (SSSR count). The maximum atomic E-state index is 11.5. The molecule has 0 saturated heterocycles. The molecule has 1 aromatic rings. The lowest BCUT2D eigenvalue weighted by atomic mass is 10.2. The minimum atomic E-state index is -0.458. The van der Waals surface area contributed by atoms with Crippen molar-refractivity contribution in [1.29, 1.82) is 0 Å². The molecular weight excluding hydrogens is 204 g/mol. The SMILES string of the molecule is COc1ccc(/C=C(/[O-])OC(C)(C)C)cc1. The Morgan fingerprint density at radius 2 is 1.75 bits per heavy atom. The third-order valence-corrected chi connectivity index (χ3v) is 1.81. The molecule has 16 heavy (non-hydrogen) atoms. The molecular formula is C13H17O3-. The van der Waals surface area contributed by atoms with Gasteiger partial charge in [-0.25, -0.2) is 0 Å². The van der Waals surface area contributed by atoms with Gasteiger partial charge in [-0.2, -0.15) is 0 Å². The Labute approximate surface area is 96.3 Å². The van der Waals surface area contributed by atoms with Crippen LogP contribution >= 0.6 is 0 Å². The van der Waals surface area contributed by atoms with E-state index in [4.69, 9.17) is 9.47 Å². The number of benzene rings is 1. The lowest BCUT2D eigenvalue weighted by Gasteiger charge is -2.30. The first kappa shape index (κ1) is 12.4. The Bertz CT molecular complexity index is 358. The van der Waals surface area contributed by atoms with Gasteiger partial charge in [0, 0.05) is 5.60 Å². The second-order valence-corrected chi connectivity index (χ2v) is 4.45. The summed E-state index contributed by atoms with van der Waals surface area (Å²) in [5.74, 6) is 0.430.